The van der Waals surface area contributed by atoms with E-state index < -0.39 is 24.4 Å². The van der Waals surface area contributed by atoms with Crippen molar-refractivity contribution < 1.29 is 24.8 Å². The van der Waals surface area contributed by atoms with Crippen molar-refractivity contribution >= 4 is 0 Å². The zero-order valence-corrected chi connectivity index (χ0v) is 13.7. The molecular formula is C17H32O5. The lowest BCUT2D eigenvalue weighted by atomic mass is 10.1. The first kappa shape index (κ1) is 19.6. The van der Waals surface area contributed by atoms with E-state index in [9.17, 15) is 15.3 Å². The van der Waals surface area contributed by atoms with Gasteiger partial charge < -0.3 is 24.8 Å². The van der Waals surface area contributed by atoms with Gasteiger partial charge in [-0.2, -0.15) is 0 Å². The third-order valence-electron chi connectivity index (χ3n) is 3.91. The Balaban J connectivity index is 1.93. The van der Waals surface area contributed by atoms with E-state index in [1.54, 1.807) is 0 Å². The lowest BCUT2D eigenvalue weighted by Gasteiger charge is -2.20. The van der Waals surface area contributed by atoms with E-state index in [2.05, 4.69) is 19.1 Å². The minimum atomic E-state index is -1.03. The van der Waals surface area contributed by atoms with Crippen molar-refractivity contribution in [1.82, 2.24) is 0 Å². The van der Waals surface area contributed by atoms with Crippen LogP contribution in [0.2, 0.25) is 0 Å². The van der Waals surface area contributed by atoms with Gasteiger partial charge in [0.2, 0.25) is 0 Å². The van der Waals surface area contributed by atoms with Gasteiger partial charge in [-0.1, -0.05) is 31.9 Å². The summed E-state index contributed by atoms with van der Waals surface area (Å²) in [5.74, 6) is 0. The fourth-order valence-electron chi connectivity index (χ4n) is 2.48. The Morgan fingerprint density at radius 1 is 1.14 bits per heavy atom. The van der Waals surface area contributed by atoms with Gasteiger partial charge in [-0.15, -0.1) is 0 Å². The third kappa shape index (κ3) is 7.70. The van der Waals surface area contributed by atoms with Crippen molar-refractivity contribution in [1.29, 1.82) is 0 Å². The highest BCUT2D eigenvalue weighted by atomic mass is 16.5. The number of aliphatic hydroxyl groups is 3. The van der Waals surface area contributed by atoms with Crippen LogP contribution in [0.3, 0.4) is 0 Å². The number of hydrogen-bond acceptors (Lipinski definition) is 5. The molecular weight excluding hydrogens is 284 g/mol. The summed E-state index contributed by atoms with van der Waals surface area (Å²) in [7, 11) is 0. The van der Waals surface area contributed by atoms with Gasteiger partial charge in [0.1, 0.15) is 24.4 Å². The number of allylic oxidation sites excluding steroid dienone is 2. The molecule has 1 fully saturated rings. The van der Waals surface area contributed by atoms with Crippen LogP contribution in [0.4, 0.5) is 0 Å². The molecule has 130 valence electrons. The smallest absolute Gasteiger partial charge is 0.114 e. The molecule has 5 heteroatoms. The van der Waals surface area contributed by atoms with Crippen molar-refractivity contribution in [2.24, 2.45) is 0 Å². The number of hydrogen-bond donors (Lipinski definition) is 3. The maximum absolute atomic E-state index is 9.85. The number of ether oxygens (including phenoxy) is 2. The average molecular weight is 316 g/mol. The molecule has 0 unspecified atom stereocenters. The molecule has 0 bridgehead atoms. The van der Waals surface area contributed by atoms with Crippen LogP contribution < -0.4 is 0 Å². The Morgan fingerprint density at radius 3 is 2.41 bits per heavy atom. The van der Waals surface area contributed by atoms with Gasteiger partial charge >= 0.3 is 0 Å². The second-order valence-corrected chi connectivity index (χ2v) is 5.96. The van der Waals surface area contributed by atoms with Crippen molar-refractivity contribution in [3.8, 4) is 0 Å². The van der Waals surface area contributed by atoms with Crippen molar-refractivity contribution in [2.75, 3.05) is 19.8 Å². The van der Waals surface area contributed by atoms with Gasteiger partial charge in [-0.25, -0.2) is 0 Å². The van der Waals surface area contributed by atoms with E-state index in [0.29, 0.717) is 6.61 Å². The first-order valence-corrected chi connectivity index (χ1v) is 8.55. The lowest BCUT2D eigenvalue weighted by molar-refractivity contribution is -0.0813. The Kier molecular flexibility index (Phi) is 10.7. The monoisotopic (exact) mass is 316 g/mol. The van der Waals surface area contributed by atoms with E-state index >= 15 is 0 Å². The molecule has 1 saturated heterocycles. The normalized spacial score (nSPS) is 26.8. The number of unbranched alkanes of at least 4 members (excludes halogenated alkanes) is 5. The summed E-state index contributed by atoms with van der Waals surface area (Å²) in [6, 6.07) is 0. The molecule has 22 heavy (non-hydrogen) atoms. The highest BCUT2D eigenvalue weighted by molar-refractivity contribution is 4.87. The first-order chi connectivity index (χ1) is 10.7. The molecule has 0 aromatic carbocycles. The van der Waals surface area contributed by atoms with Gasteiger partial charge in [0, 0.05) is 6.61 Å². The van der Waals surface area contributed by atoms with Crippen molar-refractivity contribution in [3.63, 3.8) is 0 Å². The standard InChI is InChI=1S/C17H32O5/c1-2-3-4-5-6-7-8-9-10-11-21-12-15(19)17-16(20)14(18)13-22-17/h6-7,14-20H,2-5,8-13H2,1H3/b7-6+/t14-,15+,16-,17-/m0/s1. The van der Waals surface area contributed by atoms with Gasteiger partial charge in [-0.05, 0) is 32.1 Å². The molecule has 1 rings (SSSR count). The molecule has 0 aromatic rings. The molecule has 0 saturated carbocycles. The number of rotatable bonds is 12. The van der Waals surface area contributed by atoms with E-state index in [4.69, 9.17) is 9.47 Å². The molecule has 0 radical (unpaired) electrons. The van der Waals surface area contributed by atoms with Gasteiger partial charge in [-0.3, -0.25) is 0 Å². The van der Waals surface area contributed by atoms with E-state index in [0.717, 1.165) is 19.3 Å². The van der Waals surface area contributed by atoms with Gasteiger partial charge in [0.05, 0.1) is 13.2 Å². The van der Waals surface area contributed by atoms with Crippen molar-refractivity contribution in [3.05, 3.63) is 12.2 Å². The Morgan fingerprint density at radius 2 is 1.82 bits per heavy atom. The fraction of sp³-hybridized carbons (Fsp3) is 0.882. The molecule has 1 aliphatic rings. The Labute approximate surface area is 133 Å². The predicted molar refractivity (Wildman–Crippen MR) is 85.7 cm³/mol. The maximum Gasteiger partial charge on any atom is 0.114 e. The average Bonchev–Trinajstić information content (AvgIpc) is 2.84. The van der Waals surface area contributed by atoms with E-state index in [1.807, 2.05) is 0 Å². The highest BCUT2D eigenvalue weighted by Gasteiger charge is 2.39. The minimum Gasteiger partial charge on any atom is -0.388 e. The molecule has 0 spiro atoms. The van der Waals surface area contributed by atoms with Crippen LogP contribution in [-0.4, -0.2) is 59.6 Å². The second kappa shape index (κ2) is 12.0. The maximum atomic E-state index is 9.85. The van der Waals surface area contributed by atoms with Crippen LogP contribution in [0.1, 0.15) is 51.9 Å². The van der Waals surface area contributed by atoms with Crippen LogP contribution >= 0.6 is 0 Å². The largest absolute Gasteiger partial charge is 0.388 e. The molecule has 1 aliphatic heterocycles. The van der Waals surface area contributed by atoms with Crippen LogP contribution in [0.15, 0.2) is 12.2 Å². The van der Waals surface area contributed by atoms with Gasteiger partial charge in [0.15, 0.2) is 0 Å². The molecule has 4 atom stereocenters. The molecule has 0 aromatic heterocycles. The summed E-state index contributed by atoms with van der Waals surface area (Å²) in [6.45, 7) is 2.99. The molecule has 5 nitrogen and oxygen atoms in total. The van der Waals surface area contributed by atoms with Gasteiger partial charge in [0.25, 0.3) is 0 Å². The Bertz CT molecular complexity index is 295. The summed E-state index contributed by atoms with van der Waals surface area (Å²) >= 11 is 0. The summed E-state index contributed by atoms with van der Waals surface area (Å²) in [5.41, 5.74) is 0. The third-order valence-corrected chi connectivity index (χ3v) is 3.91. The summed E-state index contributed by atoms with van der Waals surface area (Å²) < 4.78 is 10.6. The van der Waals surface area contributed by atoms with E-state index in [1.165, 1.54) is 25.7 Å². The van der Waals surface area contributed by atoms with Crippen molar-refractivity contribution in [2.45, 2.75) is 76.3 Å². The Hall–Kier alpha value is -0.460. The van der Waals surface area contributed by atoms with Crippen LogP contribution in [0.5, 0.6) is 0 Å². The summed E-state index contributed by atoms with van der Waals surface area (Å²) in [6.07, 6.45) is 8.99. The zero-order valence-electron chi connectivity index (χ0n) is 13.7. The first-order valence-electron chi connectivity index (χ1n) is 8.55. The predicted octanol–water partition coefficient (Wildman–Crippen LogP) is 1.79. The van der Waals surface area contributed by atoms with Crippen LogP contribution in [0.25, 0.3) is 0 Å². The molecule has 0 aliphatic carbocycles. The second-order valence-electron chi connectivity index (χ2n) is 5.96. The van der Waals surface area contributed by atoms with E-state index in [-0.39, 0.29) is 13.2 Å². The lowest BCUT2D eigenvalue weighted by Crippen LogP contribution is -2.40. The summed E-state index contributed by atoms with van der Waals surface area (Å²) in [5, 5.41) is 28.8. The minimum absolute atomic E-state index is 0.0630. The van der Waals surface area contributed by atoms with Crippen LogP contribution in [-0.2, 0) is 9.47 Å². The molecule has 3 N–H and O–H groups in total. The number of aliphatic hydroxyl groups excluding tert-OH is 3. The highest BCUT2D eigenvalue weighted by Crippen LogP contribution is 2.17. The quantitative estimate of drug-likeness (QED) is 0.378. The zero-order chi connectivity index (χ0) is 16.2. The summed E-state index contributed by atoms with van der Waals surface area (Å²) in [4.78, 5) is 0. The fourth-order valence-corrected chi connectivity index (χ4v) is 2.48. The van der Waals surface area contributed by atoms with Crippen LogP contribution in [0, 0.1) is 0 Å². The SMILES string of the molecule is CCCCC/C=C/CCCCOC[C@@H](O)[C@@H]1OC[C@H](O)[C@@H]1O. The topological polar surface area (TPSA) is 79.2 Å². The molecule has 1 heterocycles. The molecule has 0 amide bonds.